The SMILES string of the molecule is Cl.O=C(NCc1cccnc1)Oc1c(CO)no[n+]1[O-]. The zero-order chi connectivity index (χ0) is 13.7. The molecule has 0 saturated heterocycles. The number of amides is 1. The van der Waals surface area contributed by atoms with E-state index >= 15 is 0 Å². The van der Waals surface area contributed by atoms with Gasteiger partial charge >= 0.3 is 12.0 Å². The van der Waals surface area contributed by atoms with E-state index in [2.05, 4.69) is 20.1 Å². The maximum Gasteiger partial charge on any atom is 0.415 e. The molecule has 2 heterocycles. The Morgan fingerprint density at radius 1 is 1.60 bits per heavy atom. The van der Waals surface area contributed by atoms with Gasteiger partial charge in [0, 0.05) is 24.1 Å². The third-order valence-electron chi connectivity index (χ3n) is 2.14. The van der Waals surface area contributed by atoms with E-state index in [1.807, 2.05) is 0 Å². The van der Waals surface area contributed by atoms with Crippen molar-refractivity contribution in [3.63, 3.8) is 0 Å². The molecule has 0 aliphatic carbocycles. The fourth-order valence-corrected chi connectivity index (χ4v) is 1.26. The molecule has 0 aliphatic rings. The summed E-state index contributed by atoms with van der Waals surface area (Å²) in [6, 6.07) is 3.48. The van der Waals surface area contributed by atoms with Gasteiger partial charge in [-0.25, -0.2) is 4.79 Å². The zero-order valence-electron chi connectivity index (χ0n) is 10.1. The number of nitrogens with zero attached hydrogens (tertiary/aromatic N) is 3. The fourth-order valence-electron chi connectivity index (χ4n) is 1.26. The smallest absolute Gasteiger partial charge is 0.387 e. The standard InChI is InChI=1S/C10H10N4O5.ClH/c15-6-8-9(14(17)19-13-8)18-10(16)12-5-7-2-1-3-11-4-7;/h1-4,15H,5-6H2,(H,12,16);1H. The van der Waals surface area contributed by atoms with E-state index in [-0.39, 0.29) is 29.5 Å². The number of carbonyl (C=O) groups is 1. The lowest BCUT2D eigenvalue weighted by Gasteiger charge is -2.04. The summed E-state index contributed by atoms with van der Waals surface area (Å²) in [5.41, 5.74) is 0.605. The number of carbonyl (C=O) groups excluding carboxylic acids is 1. The molecule has 1 amide bonds. The van der Waals surface area contributed by atoms with Crippen LogP contribution in [0, 0.1) is 5.21 Å². The van der Waals surface area contributed by atoms with Crippen molar-refractivity contribution in [3.8, 4) is 5.88 Å². The van der Waals surface area contributed by atoms with E-state index < -0.39 is 18.6 Å². The minimum Gasteiger partial charge on any atom is -0.387 e. The van der Waals surface area contributed by atoms with Gasteiger partial charge in [0.05, 0.1) is 0 Å². The molecular formula is C10H11ClN4O5. The summed E-state index contributed by atoms with van der Waals surface area (Å²) in [5.74, 6) is -0.494. The molecule has 0 spiro atoms. The first kappa shape index (κ1) is 15.7. The predicted molar refractivity (Wildman–Crippen MR) is 65.7 cm³/mol. The maximum atomic E-state index is 11.4. The highest BCUT2D eigenvalue weighted by Crippen LogP contribution is 2.10. The fraction of sp³-hybridized carbons (Fsp3) is 0.200. The van der Waals surface area contributed by atoms with Crippen LogP contribution in [-0.4, -0.2) is 21.3 Å². The van der Waals surface area contributed by atoms with Gasteiger partial charge in [0.2, 0.25) is 0 Å². The van der Waals surface area contributed by atoms with Crippen LogP contribution in [0.3, 0.4) is 0 Å². The molecule has 0 aliphatic heterocycles. The van der Waals surface area contributed by atoms with Gasteiger partial charge in [0.15, 0.2) is 0 Å². The Bertz CT molecular complexity index is 562. The van der Waals surface area contributed by atoms with Crippen LogP contribution in [0.2, 0.25) is 0 Å². The second kappa shape index (κ2) is 7.26. The van der Waals surface area contributed by atoms with Crippen LogP contribution in [-0.2, 0) is 13.2 Å². The van der Waals surface area contributed by atoms with Crippen molar-refractivity contribution < 1.29 is 24.2 Å². The zero-order valence-corrected chi connectivity index (χ0v) is 10.9. The number of aliphatic hydroxyl groups excluding tert-OH is 1. The van der Waals surface area contributed by atoms with Crippen molar-refractivity contribution in [2.75, 3.05) is 0 Å². The van der Waals surface area contributed by atoms with E-state index in [9.17, 15) is 10.0 Å². The van der Waals surface area contributed by atoms with Crippen molar-refractivity contribution in [2.45, 2.75) is 13.2 Å². The number of hydrogen-bond donors (Lipinski definition) is 2. The third-order valence-corrected chi connectivity index (χ3v) is 2.14. The van der Waals surface area contributed by atoms with Gasteiger partial charge < -0.3 is 20.4 Å². The van der Waals surface area contributed by atoms with E-state index in [0.717, 1.165) is 5.56 Å². The van der Waals surface area contributed by atoms with Gasteiger partial charge in [-0.15, -0.1) is 12.4 Å². The molecule has 108 valence electrons. The molecular weight excluding hydrogens is 292 g/mol. The van der Waals surface area contributed by atoms with Crippen molar-refractivity contribution in [1.29, 1.82) is 0 Å². The minimum atomic E-state index is -0.869. The Morgan fingerprint density at radius 2 is 2.40 bits per heavy atom. The lowest BCUT2D eigenvalue weighted by molar-refractivity contribution is -0.804. The van der Waals surface area contributed by atoms with E-state index in [1.54, 1.807) is 24.5 Å². The lowest BCUT2D eigenvalue weighted by atomic mass is 10.3. The van der Waals surface area contributed by atoms with Gasteiger partial charge in [-0.2, -0.15) is 0 Å². The summed E-state index contributed by atoms with van der Waals surface area (Å²) in [5, 5.41) is 25.6. The molecule has 10 heteroatoms. The first-order chi connectivity index (χ1) is 9.20. The summed E-state index contributed by atoms with van der Waals surface area (Å²) in [6.45, 7) is -0.394. The molecule has 0 bridgehead atoms. The number of halogens is 1. The van der Waals surface area contributed by atoms with Crippen LogP contribution in [0.4, 0.5) is 4.79 Å². The van der Waals surface area contributed by atoms with Gasteiger partial charge in [0.25, 0.3) is 5.69 Å². The summed E-state index contributed by atoms with van der Waals surface area (Å²) in [4.78, 5) is 15.2. The molecule has 0 unspecified atom stereocenters. The minimum absolute atomic E-state index is 0. The molecule has 0 aromatic carbocycles. The molecule has 9 nitrogen and oxygen atoms in total. The van der Waals surface area contributed by atoms with Crippen molar-refractivity contribution in [3.05, 3.63) is 41.0 Å². The number of rotatable bonds is 4. The number of aromatic nitrogens is 3. The van der Waals surface area contributed by atoms with Crippen molar-refractivity contribution >= 4 is 18.5 Å². The summed E-state index contributed by atoms with van der Waals surface area (Å²) in [7, 11) is 0. The second-order valence-electron chi connectivity index (χ2n) is 3.44. The maximum absolute atomic E-state index is 11.4. The molecule has 2 aromatic rings. The largest absolute Gasteiger partial charge is 0.415 e. The number of pyridine rings is 1. The molecule has 0 saturated carbocycles. The van der Waals surface area contributed by atoms with E-state index in [0.29, 0.717) is 0 Å². The summed E-state index contributed by atoms with van der Waals surface area (Å²) >= 11 is 0. The highest BCUT2D eigenvalue weighted by atomic mass is 35.5. The summed E-state index contributed by atoms with van der Waals surface area (Å²) in [6.07, 6.45) is 2.31. The third kappa shape index (κ3) is 3.80. The lowest BCUT2D eigenvalue weighted by Crippen LogP contribution is -2.33. The van der Waals surface area contributed by atoms with Crippen LogP contribution < -0.4 is 15.0 Å². The monoisotopic (exact) mass is 302 g/mol. The molecule has 20 heavy (non-hydrogen) atoms. The first-order valence-corrected chi connectivity index (χ1v) is 5.24. The number of hydrogen-bond acceptors (Lipinski definition) is 7. The molecule has 2 N–H and O–H groups in total. The highest BCUT2D eigenvalue weighted by Gasteiger charge is 2.23. The van der Waals surface area contributed by atoms with Gasteiger partial charge in [-0.1, -0.05) is 6.07 Å². The second-order valence-corrected chi connectivity index (χ2v) is 3.44. The normalized spacial score (nSPS) is 9.65. The van der Waals surface area contributed by atoms with E-state index in [1.165, 1.54) is 0 Å². The predicted octanol–water partition coefficient (Wildman–Crippen LogP) is -0.0943. The van der Waals surface area contributed by atoms with Gasteiger partial charge in [-0.3, -0.25) is 9.61 Å². The number of aliphatic hydroxyl groups is 1. The highest BCUT2D eigenvalue weighted by molar-refractivity contribution is 5.85. The molecule has 0 fully saturated rings. The van der Waals surface area contributed by atoms with Crippen LogP contribution in [0.5, 0.6) is 5.88 Å². The Morgan fingerprint density at radius 3 is 3.05 bits per heavy atom. The van der Waals surface area contributed by atoms with Crippen LogP contribution in [0.1, 0.15) is 11.3 Å². The quantitative estimate of drug-likeness (QED) is 0.756. The van der Waals surface area contributed by atoms with E-state index in [4.69, 9.17) is 9.84 Å². The van der Waals surface area contributed by atoms with Crippen molar-refractivity contribution in [1.82, 2.24) is 15.5 Å². The van der Waals surface area contributed by atoms with Crippen LogP contribution in [0.15, 0.2) is 29.2 Å². The Hall–Kier alpha value is -2.39. The molecule has 0 atom stereocenters. The average Bonchev–Trinajstić information content (AvgIpc) is 2.78. The Labute approximate surface area is 119 Å². The number of ether oxygens (including phenoxy) is 1. The molecule has 0 radical (unpaired) electrons. The van der Waals surface area contributed by atoms with Crippen molar-refractivity contribution in [2.24, 2.45) is 0 Å². The van der Waals surface area contributed by atoms with Gasteiger partial charge in [-0.05, 0) is 16.5 Å². The summed E-state index contributed by atoms with van der Waals surface area (Å²) < 4.78 is 8.88. The van der Waals surface area contributed by atoms with Crippen LogP contribution >= 0.6 is 12.4 Å². The Balaban J connectivity index is 0.00000200. The number of nitrogens with one attached hydrogen (secondary N) is 1. The first-order valence-electron chi connectivity index (χ1n) is 5.24. The molecule has 2 aromatic heterocycles. The van der Waals surface area contributed by atoms with Gasteiger partial charge in [0.1, 0.15) is 6.61 Å². The Kier molecular flexibility index (Phi) is 5.69. The topological polar surface area (TPSA) is 124 Å². The average molecular weight is 303 g/mol. The van der Waals surface area contributed by atoms with Crippen LogP contribution in [0.25, 0.3) is 0 Å². The molecule has 2 rings (SSSR count).